The van der Waals surface area contributed by atoms with E-state index in [1.807, 2.05) is 30.3 Å². The lowest BCUT2D eigenvalue weighted by Crippen LogP contribution is -2.31. The molecule has 1 aliphatic rings. The van der Waals surface area contributed by atoms with Gasteiger partial charge in [-0.25, -0.2) is 0 Å². The van der Waals surface area contributed by atoms with Gasteiger partial charge in [0.05, 0.1) is 23.4 Å². The molecule has 0 unspecified atom stereocenters. The van der Waals surface area contributed by atoms with E-state index in [9.17, 15) is 9.59 Å². The molecule has 0 spiro atoms. The van der Waals surface area contributed by atoms with E-state index in [4.69, 9.17) is 16.3 Å². The highest BCUT2D eigenvalue weighted by molar-refractivity contribution is 9.10. The van der Waals surface area contributed by atoms with Crippen molar-refractivity contribution in [2.24, 2.45) is 0 Å². The Kier molecular flexibility index (Phi) is 5.71. The highest BCUT2D eigenvalue weighted by Crippen LogP contribution is 2.33. The summed E-state index contributed by atoms with van der Waals surface area (Å²) in [5, 5.41) is 0.0118. The van der Waals surface area contributed by atoms with Gasteiger partial charge in [-0.2, -0.15) is 0 Å². The second-order valence-corrected chi connectivity index (χ2v) is 8.04. The summed E-state index contributed by atoms with van der Waals surface area (Å²) >= 11 is 10.4. The minimum Gasteiger partial charge on any atom is -0.496 e. The van der Waals surface area contributed by atoms with Gasteiger partial charge in [0.2, 0.25) is 5.91 Å². The third-order valence-corrected chi connectivity index (χ3v) is 5.84. The first kappa shape index (κ1) is 18.3. The van der Waals surface area contributed by atoms with Crippen molar-refractivity contribution in [1.82, 2.24) is 4.90 Å². The molecule has 1 atom stereocenters. The molecule has 0 bridgehead atoms. The van der Waals surface area contributed by atoms with Gasteiger partial charge >= 0.3 is 0 Å². The average molecular weight is 441 g/mol. The zero-order valence-corrected chi connectivity index (χ0v) is 16.5. The summed E-state index contributed by atoms with van der Waals surface area (Å²) < 4.78 is 6.04. The van der Waals surface area contributed by atoms with Crippen LogP contribution in [0.15, 0.2) is 46.9 Å². The normalized spacial score (nSPS) is 17.2. The molecule has 1 saturated heterocycles. The van der Waals surface area contributed by atoms with Gasteiger partial charge in [-0.3, -0.25) is 14.5 Å². The maximum absolute atomic E-state index is 12.6. The zero-order valence-electron chi connectivity index (χ0n) is 13.4. The van der Waals surface area contributed by atoms with Gasteiger partial charge in [0.1, 0.15) is 5.75 Å². The first-order valence-corrected chi connectivity index (χ1v) is 9.62. The van der Waals surface area contributed by atoms with Crippen molar-refractivity contribution < 1.29 is 14.3 Å². The van der Waals surface area contributed by atoms with E-state index in [1.54, 1.807) is 19.2 Å². The molecule has 2 amide bonds. The van der Waals surface area contributed by atoms with E-state index in [0.717, 1.165) is 33.1 Å². The van der Waals surface area contributed by atoms with Crippen molar-refractivity contribution in [2.75, 3.05) is 7.11 Å². The molecule has 25 heavy (non-hydrogen) atoms. The largest absolute Gasteiger partial charge is 0.496 e. The number of carbonyl (C=O) groups excluding carboxylic acids is 2. The Hall–Kier alpha value is -1.50. The third-order valence-electron chi connectivity index (χ3n) is 3.90. The van der Waals surface area contributed by atoms with E-state index >= 15 is 0 Å². The van der Waals surface area contributed by atoms with Crippen LogP contribution in [0, 0.1) is 0 Å². The Morgan fingerprint density at radius 3 is 2.48 bits per heavy atom. The lowest BCUT2D eigenvalue weighted by Gasteiger charge is -2.14. The Balaban J connectivity index is 1.70. The van der Waals surface area contributed by atoms with Crippen LogP contribution in [0.2, 0.25) is 5.02 Å². The maximum Gasteiger partial charge on any atom is 0.289 e. The van der Waals surface area contributed by atoms with Crippen molar-refractivity contribution in [3.8, 4) is 5.75 Å². The number of rotatable bonds is 5. The lowest BCUT2D eigenvalue weighted by molar-refractivity contribution is -0.127. The van der Waals surface area contributed by atoms with Crippen LogP contribution in [0.1, 0.15) is 11.1 Å². The summed E-state index contributed by atoms with van der Waals surface area (Å²) in [4.78, 5) is 26.2. The molecule has 4 nitrogen and oxygen atoms in total. The number of methoxy groups -OCH3 is 1. The van der Waals surface area contributed by atoms with Crippen molar-refractivity contribution >= 4 is 50.4 Å². The van der Waals surface area contributed by atoms with Crippen LogP contribution < -0.4 is 4.74 Å². The number of nitrogens with zero attached hydrogens (tertiary/aromatic N) is 1. The highest BCUT2D eigenvalue weighted by atomic mass is 79.9. The molecule has 2 aromatic rings. The summed E-state index contributed by atoms with van der Waals surface area (Å²) in [6, 6.07) is 12.8. The quantitative estimate of drug-likeness (QED) is 0.662. The number of thioether (sulfide) groups is 1. The fourth-order valence-corrected chi connectivity index (χ4v) is 4.34. The molecule has 0 N–H and O–H groups in total. The van der Waals surface area contributed by atoms with Crippen LogP contribution in [0.5, 0.6) is 5.75 Å². The minimum atomic E-state index is -0.403. The second kappa shape index (κ2) is 7.81. The van der Waals surface area contributed by atoms with Crippen LogP contribution in [0.4, 0.5) is 4.79 Å². The van der Waals surface area contributed by atoms with Crippen molar-refractivity contribution in [2.45, 2.75) is 18.2 Å². The van der Waals surface area contributed by atoms with Gasteiger partial charge in [0.15, 0.2) is 0 Å². The fraction of sp³-hybridized carbons (Fsp3) is 0.222. The highest BCUT2D eigenvalue weighted by Gasteiger charge is 2.39. The fourth-order valence-electron chi connectivity index (χ4n) is 2.59. The number of hydrogen-bond donors (Lipinski definition) is 0. The SMILES string of the molecule is COc1ccc(C[C@H]2SC(=O)N(Cc3ccc(Cl)cc3)C2=O)cc1Br. The molecule has 0 radical (unpaired) electrons. The first-order chi connectivity index (χ1) is 12.0. The average Bonchev–Trinajstić information content (AvgIpc) is 2.84. The third kappa shape index (κ3) is 4.19. The van der Waals surface area contributed by atoms with E-state index in [-0.39, 0.29) is 17.7 Å². The van der Waals surface area contributed by atoms with E-state index in [1.165, 1.54) is 4.90 Å². The molecule has 1 heterocycles. The smallest absolute Gasteiger partial charge is 0.289 e. The molecular weight excluding hydrogens is 426 g/mol. The van der Waals surface area contributed by atoms with Crippen LogP contribution >= 0.6 is 39.3 Å². The monoisotopic (exact) mass is 439 g/mol. The minimum absolute atomic E-state index is 0.156. The van der Waals surface area contributed by atoms with E-state index < -0.39 is 5.25 Å². The number of ether oxygens (including phenoxy) is 1. The van der Waals surface area contributed by atoms with Crippen LogP contribution in [0.25, 0.3) is 0 Å². The number of carbonyl (C=O) groups is 2. The molecule has 130 valence electrons. The van der Waals surface area contributed by atoms with E-state index in [2.05, 4.69) is 15.9 Å². The summed E-state index contributed by atoms with van der Waals surface area (Å²) in [5.74, 6) is 0.575. The predicted octanol–water partition coefficient (Wildman–Crippen LogP) is 4.92. The number of imide groups is 1. The molecule has 3 rings (SSSR count). The van der Waals surface area contributed by atoms with Gasteiger partial charge in [-0.1, -0.05) is 41.6 Å². The predicted molar refractivity (Wildman–Crippen MR) is 103 cm³/mol. The van der Waals surface area contributed by atoms with Crippen molar-refractivity contribution in [3.63, 3.8) is 0 Å². The molecular formula is C18H15BrClNO3S. The molecule has 0 saturated carbocycles. The zero-order chi connectivity index (χ0) is 18.0. The van der Waals surface area contributed by atoms with Crippen LogP contribution in [-0.2, 0) is 17.8 Å². The summed E-state index contributed by atoms with van der Waals surface area (Å²) in [5.41, 5.74) is 1.85. The van der Waals surface area contributed by atoms with Crippen LogP contribution in [0.3, 0.4) is 0 Å². The summed E-state index contributed by atoms with van der Waals surface area (Å²) in [7, 11) is 1.60. The van der Waals surface area contributed by atoms with Crippen molar-refractivity contribution in [1.29, 1.82) is 0 Å². The van der Waals surface area contributed by atoms with Crippen molar-refractivity contribution in [3.05, 3.63) is 63.1 Å². The maximum atomic E-state index is 12.6. The molecule has 2 aromatic carbocycles. The second-order valence-electron chi connectivity index (χ2n) is 5.60. The topological polar surface area (TPSA) is 46.6 Å². The molecule has 1 aliphatic heterocycles. The van der Waals surface area contributed by atoms with Gasteiger partial charge in [-0.15, -0.1) is 0 Å². The summed E-state index contributed by atoms with van der Waals surface area (Å²) in [6.07, 6.45) is 0.495. The summed E-state index contributed by atoms with van der Waals surface area (Å²) in [6.45, 7) is 0.268. The van der Waals surface area contributed by atoms with Gasteiger partial charge in [0.25, 0.3) is 5.24 Å². The molecule has 1 fully saturated rings. The number of amides is 2. The molecule has 0 aliphatic carbocycles. The van der Waals surface area contributed by atoms with Gasteiger partial charge in [-0.05, 0) is 57.7 Å². The number of benzene rings is 2. The number of halogens is 2. The molecule has 0 aromatic heterocycles. The Bertz CT molecular complexity index is 812. The first-order valence-electron chi connectivity index (χ1n) is 7.57. The van der Waals surface area contributed by atoms with E-state index in [0.29, 0.717) is 11.4 Å². The van der Waals surface area contributed by atoms with Gasteiger partial charge in [0, 0.05) is 5.02 Å². The standard InChI is InChI=1S/C18H15BrClNO3S/c1-24-15-7-4-12(8-14(15)19)9-16-17(22)21(18(23)25-16)10-11-2-5-13(20)6-3-11/h2-8,16H,9-10H2,1H3/t16-/m1/s1. The Labute approximate surface area is 163 Å². The Morgan fingerprint density at radius 2 is 1.84 bits per heavy atom. The number of hydrogen-bond acceptors (Lipinski definition) is 4. The Morgan fingerprint density at radius 1 is 1.16 bits per heavy atom. The molecule has 7 heteroatoms. The van der Waals surface area contributed by atoms with Gasteiger partial charge < -0.3 is 4.74 Å². The lowest BCUT2D eigenvalue weighted by atomic mass is 10.1. The van der Waals surface area contributed by atoms with Crippen LogP contribution in [-0.4, -0.2) is 28.4 Å².